The Hall–Kier alpha value is -3.13. The summed E-state index contributed by atoms with van der Waals surface area (Å²) in [4.78, 5) is 10.7. The Balaban J connectivity index is 1.32. The van der Waals surface area contributed by atoms with E-state index in [4.69, 9.17) is 9.47 Å². The van der Waals surface area contributed by atoms with Crippen molar-refractivity contribution >= 4 is 22.4 Å². The van der Waals surface area contributed by atoms with Gasteiger partial charge >= 0.3 is 0 Å². The van der Waals surface area contributed by atoms with Crippen LogP contribution in [-0.4, -0.2) is 49.5 Å². The standard InChI is InChI=1S/C21H22FN5O2/c22-16-10-15-17(11-18(16)27-7-5-23-6-8-27)25-12-26-21(15)24-4-3-14-1-2-19-20(9-14)29-13-28-19/h1-2,9-12,23H,3-8,13H2,(H,24,25,26). The summed E-state index contributed by atoms with van der Waals surface area (Å²) in [6.07, 6.45) is 2.30. The van der Waals surface area contributed by atoms with Gasteiger partial charge in [0.2, 0.25) is 6.79 Å². The zero-order valence-corrected chi connectivity index (χ0v) is 15.9. The number of halogens is 1. The minimum Gasteiger partial charge on any atom is -0.454 e. The first-order valence-electron chi connectivity index (χ1n) is 9.80. The summed E-state index contributed by atoms with van der Waals surface area (Å²) >= 11 is 0. The Morgan fingerprint density at radius 2 is 1.93 bits per heavy atom. The SMILES string of the molecule is Fc1cc2c(NCCc3ccc4c(c3)OCO4)ncnc2cc1N1CCNCC1. The van der Waals surface area contributed by atoms with E-state index < -0.39 is 0 Å². The molecule has 29 heavy (non-hydrogen) atoms. The van der Waals surface area contributed by atoms with Gasteiger partial charge < -0.3 is 25.0 Å². The van der Waals surface area contributed by atoms with E-state index in [1.165, 1.54) is 12.4 Å². The second-order valence-electron chi connectivity index (χ2n) is 7.14. The number of ether oxygens (including phenoxy) is 2. The number of nitrogens with zero attached hydrogens (tertiary/aromatic N) is 3. The van der Waals surface area contributed by atoms with Gasteiger partial charge in [-0.15, -0.1) is 0 Å². The summed E-state index contributed by atoms with van der Waals surface area (Å²) < 4.78 is 25.6. The minimum atomic E-state index is -0.243. The quantitative estimate of drug-likeness (QED) is 0.688. The fourth-order valence-corrected chi connectivity index (χ4v) is 3.78. The average Bonchev–Trinajstić information content (AvgIpc) is 3.22. The number of nitrogens with one attached hydrogen (secondary N) is 2. The van der Waals surface area contributed by atoms with Crippen LogP contribution in [0.3, 0.4) is 0 Å². The van der Waals surface area contributed by atoms with Crippen molar-refractivity contribution in [2.45, 2.75) is 6.42 Å². The van der Waals surface area contributed by atoms with Gasteiger partial charge in [0.1, 0.15) is 18.0 Å². The van der Waals surface area contributed by atoms with Crippen molar-refractivity contribution in [3.05, 3.63) is 48.0 Å². The zero-order chi connectivity index (χ0) is 19.6. The molecule has 2 aliphatic rings. The lowest BCUT2D eigenvalue weighted by molar-refractivity contribution is 0.174. The highest BCUT2D eigenvalue weighted by atomic mass is 19.1. The molecule has 7 nitrogen and oxygen atoms in total. The van der Waals surface area contributed by atoms with Crippen LogP contribution in [0.4, 0.5) is 15.9 Å². The number of hydrogen-bond donors (Lipinski definition) is 2. The summed E-state index contributed by atoms with van der Waals surface area (Å²) in [5.41, 5.74) is 2.47. The first kappa shape index (κ1) is 17.9. The predicted molar refractivity (Wildman–Crippen MR) is 109 cm³/mol. The van der Waals surface area contributed by atoms with E-state index >= 15 is 0 Å². The molecule has 1 saturated heterocycles. The van der Waals surface area contributed by atoms with Gasteiger partial charge in [-0.1, -0.05) is 6.07 Å². The van der Waals surface area contributed by atoms with Gasteiger partial charge in [0.05, 0.1) is 11.2 Å². The molecule has 0 saturated carbocycles. The van der Waals surface area contributed by atoms with Crippen LogP contribution in [0.25, 0.3) is 10.9 Å². The maximum atomic E-state index is 14.8. The van der Waals surface area contributed by atoms with Gasteiger partial charge in [0.15, 0.2) is 11.5 Å². The monoisotopic (exact) mass is 395 g/mol. The number of anilines is 2. The Bertz CT molecular complexity index is 1040. The molecule has 3 aromatic rings. The van der Waals surface area contributed by atoms with Crippen molar-refractivity contribution < 1.29 is 13.9 Å². The lowest BCUT2D eigenvalue weighted by Gasteiger charge is -2.29. The smallest absolute Gasteiger partial charge is 0.231 e. The van der Waals surface area contributed by atoms with Crippen molar-refractivity contribution in [1.29, 1.82) is 0 Å². The zero-order valence-electron chi connectivity index (χ0n) is 15.9. The number of fused-ring (bicyclic) bond motifs is 2. The summed E-state index contributed by atoms with van der Waals surface area (Å²) in [7, 11) is 0. The molecular weight excluding hydrogens is 373 g/mol. The van der Waals surface area contributed by atoms with E-state index in [0.717, 1.165) is 55.2 Å². The second kappa shape index (κ2) is 7.71. The van der Waals surface area contributed by atoms with Gasteiger partial charge in [-0.2, -0.15) is 0 Å². The molecule has 0 spiro atoms. The van der Waals surface area contributed by atoms with Crippen LogP contribution in [0.15, 0.2) is 36.7 Å². The van der Waals surface area contributed by atoms with Crippen molar-refractivity contribution in [3.63, 3.8) is 0 Å². The molecule has 2 N–H and O–H groups in total. The maximum Gasteiger partial charge on any atom is 0.231 e. The second-order valence-corrected chi connectivity index (χ2v) is 7.14. The van der Waals surface area contributed by atoms with E-state index in [9.17, 15) is 4.39 Å². The average molecular weight is 395 g/mol. The maximum absolute atomic E-state index is 14.8. The first-order chi connectivity index (χ1) is 14.3. The molecule has 5 rings (SSSR count). The lowest BCUT2D eigenvalue weighted by Crippen LogP contribution is -2.43. The number of piperazine rings is 1. The number of hydrogen-bond acceptors (Lipinski definition) is 7. The molecule has 150 valence electrons. The summed E-state index contributed by atoms with van der Waals surface area (Å²) in [5, 5.41) is 7.29. The third-order valence-electron chi connectivity index (χ3n) is 5.30. The molecule has 8 heteroatoms. The highest BCUT2D eigenvalue weighted by Gasteiger charge is 2.17. The molecule has 0 aliphatic carbocycles. The minimum absolute atomic E-state index is 0.243. The normalized spacial score (nSPS) is 15.7. The lowest BCUT2D eigenvalue weighted by atomic mass is 10.1. The van der Waals surface area contributed by atoms with Gasteiger partial charge in [-0.3, -0.25) is 0 Å². The molecule has 0 unspecified atom stereocenters. The largest absolute Gasteiger partial charge is 0.454 e. The molecule has 1 fully saturated rings. The molecule has 0 amide bonds. The van der Waals surface area contributed by atoms with Crippen molar-refractivity contribution in [3.8, 4) is 11.5 Å². The molecular formula is C21H22FN5O2. The first-order valence-corrected chi connectivity index (χ1v) is 9.80. The van der Waals surface area contributed by atoms with Crippen LogP contribution < -0.4 is 25.0 Å². The predicted octanol–water partition coefficient (Wildman–Crippen LogP) is 2.56. The molecule has 1 aromatic heterocycles. The van der Waals surface area contributed by atoms with Gasteiger partial charge in [-0.25, -0.2) is 14.4 Å². The topological polar surface area (TPSA) is 71.5 Å². The molecule has 3 heterocycles. The van der Waals surface area contributed by atoms with Crippen LogP contribution in [0.5, 0.6) is 11.5 Å². The Kier molecular flexibility index (Phi) is 4.77. The Morgan fingerprint density at radius 3 is 2.83 bits per heavy atom. The molecule has 2 aliphatic heterocycles. The number of rotatable bonds is 5. The molecule has 0 bridgehead atoms. The van der Waals surface area contributed by atoms with E-state index in [0.29, 0.717) is 23.4 Å². The Morgan fingerprint density at radius 1 is 1.07 bits per heavy atom. The fourth-order valence-electron chi connectivity index (χ4n) is 3.78. The summed E-state index contributed by atoms with van der Waals surface area (Å²) in [5.74, 6) is 1.95. The van der Waals surface area contributed by atoms with Crippen molar-refractivity contribution in [2.24, 2.45) is 0 Å². The van der Waals surface area contributed by atoms with Gasteiger partial charge in [0, 0.05) is 38.1 Å². The van der Waals surface area contributed by atoms with Gasteiger partial charge in [-0.05, 0) is 36.2 Å². The van der Waals surface area contributed by atoms with Gasteiger partial charge in [0.25, 0.3) is 0 Å². The van der Waals surface area contributed by atoms with Crippen LogP contribution in [0.1, 0.15) is 5.56 Å². The fraction of sp³-hybridized carbons (Fsp3) is 0.333. The van der Waals surface area contributed by atoms with E-state index in [1.54, 1.807) is 0 Å². The third kappa shape index (κ3) is 3.63. The van der Waals surface area contributed by atoms with Crippen LogP contribution in [0.2, 0.25) is 0 Å². The van der Waals surface area contributed by atoms with Crippen molar-refractivity contribution in [1.82, 2.24) is 15.3 Å². The number of aromatic nitrogens is 2. The van der Waals surface area contributed by atoms with Crippen LogP contribution >= 0.6 is 0 Å². The van der Waals surface area contributed by atoms with Crippen LogP contribution in [-0.2, 0) is 6.42 Å². The molecule has 0 radical (unpaired) electrons. The summed E-state index contributed by atoms with van der Waals surface area (Å²) in [6.45, 7) is 4.21. The van der Waals surface area contributed by atoms with E-state index in [-0.39, 0.29) is 12.6 Å². The Labute approximate surface area is 167 Å². The van der Waals surface area contributed by atoms with Crippen molar-refractivity contribution in [2.75, 3.05) is 49.7 Å². The molecule has 2 aromatic carbocycles. The highest BCUT2D eigenvalue weighted by Crippen LogP contribution is 2.33. The highest BCUT2D eigenvalue weighted by molar-refractivity contribution is 5.91. The summed E-state index contributed by atoms with van der Waals surface area (Å²) in [6, 6.07) is 9.29. The number of benzene rings is 2. The molecule has 0 atom stereocenters. The third-order valence-corrected chi connectivity index (χ3v) is 5.30. The van der Waals surface area contributed by atoms with Crippen LogP contribution in [0, 0.1) is 5.82 Å². The van der Waals surface area contributed by atoms with E-state index in [1.807, 2.05) is 24.3 Å². The van der Waals surface area contributed by atoms with E-state index in [2.05, 4.69) is 25.5 Å².